The van der Waals surface area contributed by atoms with Gasteiger partial charge in [-0.25, -0.2) is 0 Å². The average Bonchev–Trinajstić information content (AvgIpc) is 2.96. The lowest BCUT2D eigenvalue weighted by molar-refractivity contribution is 0.200. The summed E-state index contributed by atoms with van der Waals surface area (Å²) in [7, 11) is 1.78. The van der Waals surface area contributed by atoms with Crippen molar-refractivity contribution >= 4 is 0 Å². The topological polar surface area (TPSA) is 21.3 Å². The van der Waals surface area contributed by atoms with Crippen molar-refractivity contribution in [2.75, 3.05) is 26.8 Å². The number of rotatable bonds is 7. The summed E-state index contributed by atoms with van der Waals surface area (Å²) in [4.78, 5) is 0. The second kappa shape index (κ2) is 8.76. The van der Waals surface area contributed by atoms with E-state index >= 15 is 0 Å². The number of nitrogens with one attached hydrogen (secondary N) is 1. The summed E-state index contributed by atoms with van der Waals surface area (Å²) in [6, 6.07) is 0. The molecule has 2 rings (SSSR count). The van der Waals surface area contributed by atoms with Crippen LogP contribution in [0.2, 0.25) is 0 Å². The second-order valence-corrected chi connectivity index (χ2v) is 6.29. The van der Waals surface area contributed by atoms with E-state index in [-0.39, 0.29) is 0 Å². The van der Waals surface area contributed by atoms with Gasteiger partial charge >= 0.3 is 0 Å². The SMILES string of the molecule is COCCNCC(=CC1CCCC1)C1CCCCC1. The summed E-state index contributed by atoms with van der Waals surface area (Å²) in [6.07, 6.45) is 15.5. The zero-order valence-corrected chi connectivity index (χ0v) is 12.6. The normalized spacial score (nSPS) is 23.1. The lowest BCUT2D eigenvalue weighted by Gasteiger charge is -2.26. The van der Waals surface area contributed by atoms with Gasteiger partial charge in [0.1, 0.15) is 0 Å². The van der Waals surface area contributed by atoms with Crippen LogP contribution in [0.15, 0.2) is 11.6 Å². The Labute approximate surface area is 119 Å². The highest BCUT2D eigenvalue weighted by Gasteiger charge is 2.20. The van der Waals surface area contributed by atoms with Crippen molar-refractivity contribution in [2.24, 2.45) is 11.8 Å². The fourth-order valence-electron chi connectivity index (χ4n) is 3.65. The van der Waals surface area contributed by atoms with Crippen molar-refractivity contribution in [1.29, 1.82) is 0 Å². The van der Waals surface area contributed by atoms with Crippen LogP contribution in [-0.4, -0.2) is 26.8 Å². The van der Waals surface area contributed by atoms with Crippen LogP contribution < -0.4 is 5.32 Å². The number of hydrogen-bond acceptors (Lipinski definition) is 2. The van der Waals surface area contributed by atoms with E-state index in [2.05, 4.69) is 11.4 Å². The van der Waals surface area contributed by atoms with Gasteiger partial charge in [-0.15, -0.1) is 0 Å². The minimum absolute atomic E-state index is 0.821. The summed E-state index contributed by atoms with van der Waals surface area (Å²) < 4.78 is 5.12. The molecule has 0 saturated heterocycles. The van der Waals surface area contributed by atoms with Crippen LogP contribution in [0.4, 0.5) is 0 Å². The van der Waals surface area contributed by atoms with Crippen LogP contribution in [0.3, 0.4) is 0 Å². The van der Waals surface area contributed by atoms with Gasteiger partial charge in [-0.2, -0.15) is 0 Å². The first-order chi connectivity index (χ1) is 9.40. The van der Waals surface area contributed by atoms with E-state index in [0.29, 0.717) is 0 Å². The number of methoxy groups -OCH3 is 1. The molecule has 2 saturated carbocycles. The Kier molecular flexibility index (Phi) is 6.94. The summed E-state index contributed by atoms with van der Waals surface area (Å²) in [6.45, 7) is 2.89. The third kappa shape index (κ3) is 5.27. The predicted molar refractivity (Wildman–Crippen MR) is 81.4 cm³/mol. The van der Waals surface area contributed by atoms with Gasteiger partial charge in [0.2, 0.25) is 0 Å². The fraction of sp³-hybridized carbons (Fsp3) is 0.882. The Morgan fingerprint density at radius 2 is 1.74 bits per heavy atom. The Morgan fingerprint density at radius 1 is 1.05 bits per heavy atom. The lowest BCUT2D eigenvalue weighted by atomic mass is 9.82. The van der Waals surface area contributed by atoms with Gasteiger partial charge < -0.3 is 10.1 Å². The molecule has 0 radical (unpaired) electrons. The number of ether oxygens (including phenoxy) is 1. The predicted octanol–water partition coefficient (Wildman–Crippen LogP) is 3.92. The second-order valence-electron chi connectivity index (χ2n) is 6.29. The molecule has 0 aromatic heterocycles. The monoisotopic (exact) mass is 265 g/mol. The molecule has 2 fully saturated rings. The smallest absolute Gasteiger partial charge is 0.0587 e. The maximum Gasteiger partial charge on any atom is 0.0587 e. The van der Waals surface area contributed by atoms with Crippen LogP contribution in [0.5, 0.6) is 0 Å². The van der Waals surface area contributed by atoms with Crippen LogP contribution in [0, 0.1) is 11.8 Å². The summed E-state index contributed by atoms with van der Waals surface area (Å²) >= 11 is 0. The molecule has 0 aliphatic heterocycles. The summed E-state index contributed by atoms with van der Waals surface area (Å²) in [5.74, 6) is 1.74. The van der Waals surface area contributed by atoms with E-state index in [1.807, 2.05) is 0 Å². The zero-order chi connectivity index (χ0) is 13.3. The molecule has 0 aromatic rings. The minimum Gasteiger partial charge on any atom is -0.383 e. The van der Waals surface area contributed by atoms with Gasteiger partial charge in [0.25, 0.3) is 0 Å². The molecule has 0 heterocycles. The molecule has 2 aliphatic rings. The summed E-state index contributed by atoms with van der Waals surface area (Å²) in [5, 5.41) is 3.56. The maximum absolute atomic E-state index is 5.12. The Hall–Kier alpha value is -0.340. The minimum atomic E-state index is 0.821. The molecule has 1 N–H and O–H groups in total. The average molecular weight is 265 g/mol. The van der Waals surface area contributed by atoms with Crippen molar-refractivity contribution in [1.82, 2.24) is 5.32 Å². The molecular formula is C17H31NO. The molecule has 0 atom stereocenters. The Balaban J connectivity index is 1.87. The van der Waals surface area contributed by atoms with Crippen molar-refractivity contribution < 1.29 is 4.74 Å². The van der Waals surface area contributed by atoms with E-state index in [0.717, 1.165) is 31.5 Å². The van der Waals surface area contributed by atoms with E-state index in [1.165, 1.54) is 57.8 Å². The highest BCUT2D eigenvalue weighted by Crippen LogP contribution is 2.33. The highest BCUT2D eigenvalue weighted by atomic mass is 16.5. The van der Waals surface area contributed by atoms with Crippen molar-refractivity contribution in [3.63, 3.8) is 0 Å². The van der Waals surface area contributed by atoms with E-state index in [4.69, 9.17) is 4.74 Å². The van der Waals surface area contributed by atoms with Crippen molar-refractivity contribution in [2.45, 2.75) is 57.8 Å². The van der Waals surface area contributed by atoms with Crippen LogP contribution >= 0.6 is 0 Å². The first-order valence-corrected chi connectivity index (χ1v) is 8.30. The first kappa shape index (κ1) is 15.1. The molecule has 2 aliphatic carbocycles. The van der Waals surface area contributed by atoms with Crippen molar-refractivity contribution in [3.05, 3.63) is 11.6 Å². The third-order valence-electron chi connectivity index (χ3n) is 4.79. The highest BCUT2D eigenvalue weighted by molar-refractivity contribution is 5.12. The van der Waals surface area contributed by atoms with Gasteiger partial charge in [0.05, 0.1) is 6.61 Å². The molecule has 0 spiro atoms. The van der Waals surface area contributed by atoms with Crippen LogP contribution in [-0.2, 0) is 4.74 Å². The molecular weight excluding hydrogens is 234 g/mol. The Bertz CT molecular complexity index is 262. The summed E-state index contributed by atoms with van der Waals surface area (Å²) in [5.41, 5.74) is 1.71. The number of allylic oxidation sites excluding steroid dienone is 1. The quantitative estimate of drug-likeness (QED) is 0.556. The fourth-order valence-corrected chi connectivity index (χ4v) is 3.65. The lowest BCUT2D eigenvalue weighted by Crippen LogP contribution is -2.25. The largest absolute Gasteiger partial charge is 0.383 e. The molecule has 0 unspecified atom stereocenters. The molecule has 19 heavy (non-hydrogen) atoms. The van der Waals surface area contributed by atoms with Gasteiger partial charge in [-0.3, -0.25) is 0 Å². The van der Waals surface area contributed by atoms with Gasteiger partial charge in [-0.1, -0.05) is 43.8 Å². The van der Waals surface area contributed by atoms with E-state index < -0.39 is 0 Å². The zero-order valence-electron chi connectivity index (χ0n) is 12.6. The molecule has 0 bridgehead atoms. The van der Waals surface area contributed by atoms with Gasteiger partial charge in [0, 0.05) is 20.2 Å². The van der Waals surface area contributed by atoms with Crippen LogP contribution in [0.1, 0.15) is 57.8 Å². The Morgan fingerprint density at radius 3 is 2.42 bits per heavy atom. The molecule has 0 amide bonds. The maximum atomic E-state index is 5.12. The standard InChI is InChI=1S/C17H31NO/c1-19-12-11-18-14-17(13-15-7-5-6-8-15)16-9-3-2-4-10-16/h13,15-16,18H,2-12,14H2,1H3. The molecule has 110 valence electrons. The van der Waals surface area contributed by atoms with E-state index in [9.17, 15) is 0 Å². The van der Waals surface area contributed by atoms with Crippen LogP contribution in [0.25, 0.3) is 0 Å². The first-order valence-electron chi connectivity index (χ1n) is 8.30. The molecule has 2 nitrogen and oxygen atoms in total. The molecule has 0 aromatic carbocycles. The van der Waals surface area contributed by atoms with Gasteiger partial charge in [0.15, 0.2) is 0 Å². The van der Waals surface area contributed by atoms with Crippen molar-refractivity contribution in [3.8, 4) is 0 Å². The molecule has 2 heteroatoms. The van der Waals surface area contributed by atoms with Gasteiger partial charge in [-0.05, 0) is 37.5 Å². The van der Waals surface area contributed by atoms with E-state index in [1.54, 1.807) is 12.7 Å². The number of hydrogen-bond donors (Lipinski definition) is 1. The third-order valence-corrected chi connectivity index (χ3v) is 4.79.